The Hall–Kier alpha value is -4.01. The normalized spacial score (nSPS) is 10.4. The van der Waals surface area contributed by atoms with Crippen molar-refractivity contribution in [2.75, 3.05) is 18.5 Å². The van der Waals surface area contributed by atoms with Crippen LogP contribution in [0.15, 0.2) is 53.3 Å². The number of fused-ring (bicyclic) bond motifs is 1. The van der Waals surface area contributed by atoms with Crippen molar-refractivity contribution in [3.63, 3.8) is 0 Å². The second-order valence-corrected chi connectivity index (χ2v) is 6.35. The van der Waals surface area contributed by atoms with E-state index in [1.54, 1.807) is 49.4 Å². The molecule has 2 amide bonds. The van der Waals surface area contributed by atoms with Gasteiger partial charge in [0.2, 0.25) is 11.8 Å². The molecule has 1 aromatic heterocycles. The first kappa shape index (κ1) is 20.7. The van der Waals surface area contributed by atoms with Gasteiger partial charge in [0.1, 0.15) is 0 Å². The Morgan fingerprint density at radius 1 is 1.03 bits per heavy atom. The average molecular weight is 408 g/mol. The van der Waals surface area contributed by atoms with E-state index in [1.165, 1.54) is 6.07 Å². The Balaban J connectivity index is 1.57. The van der Waals surface area contributed by atoms with Crippen LogP contribution in [0.25, 0.3) is 10.8 Å². The Labute approximate surface area is 171 Å². The van der Waals surface area contributed by atoms with Gasteiger partial charge in [0.15, 0.2) is 0 Å². The number of benzene rings is 2. The van der Waals surface area contributed by atoms with Gasteiger partial charge in [0.25, 0.3) is 5.56 Å². The number of carbonyl (C=O) groups excluding carboxylic acids is 3. The van der Waals surface area contributed by atoms with Crippen molar-refractivity contribution in [1.82, 2.24) is 15.5 Å². The number of rotatable bonds is 7. The summed E-state index contributed by atoms with van der Waals surface area (Å²) in [7, 11) is 0. The Bertz CT molecular complexity index is 1160. The maximum absolute atomic E-state index is 12.2. The van der Waals surface area contributed by atoms with Crippen LogP contribution < -0.4 is 16.2 Å². The number of hydrogen-bond acceptors (Lipinski definition) is 6. The lowest BCUT2D eigenvalue weighted by Gasteiger charge is -2.09. The molecule has 0 saturated heterocycles. The third-order valence-corrected chi connectivity index (χ3v) is 4.21. The zero-order valence-corrected chi connectivity index (χ0v) is 16.2. The van der Waals surface area contributed by atoms with Crippen LogP contribution in [0.3, 0.4) is 0 Å². The van der Waals surface area contributed by atoms with Crippen LogP contribution in [0.4, 0.5) is 5.69 Å². The fraction of sp³-hybridized carbons (Fsp3) is 0.190. The molecular weight excluding hydrogens is 388 g/mol. The SMILES string of the molecule is CCOC(=O)c1cccc(NC(=O)CNC(=O)Cc2n[nH]c(=O)c3ccccc23)c1. The minimum absolute atomic E-state index is 0.0943. The van der Waals surface area contributed by atoms with Gasteiger partial charge in [0.05, 0.1) is 36.2 Å². The molecule has 9 nitrogen and oxygen atoms in total. The largest absolute Gasteiger partial charge is 0.462 e. The van der Waals surface area contributed by atoms with Crippen LogP contribution in [-0.4, -0.2) is 41.1 Å². The number of amides is 2. The topological polar surface area (TPSA) is 130 Å². The van der Waals surface area contributed by atoms with Crippen LogP contribution in [0.1, 0.15) is 23.0 Å². The first-order valence-corrected chi connectivity index (χ1v) is 9.28. The minimum Gasteiger partial charge on any atom is -0.462 e. The van der Waals surface area contributed by atoms with Crippen molar-refractivity contribution in [2.24, 2.45) is 0 Å². The molecule has 0 fully saturated rings. The molecule has 0 spiro atoms. The summed E-state index contributed by atoms with van der Waals surface area (Å²) >= 11 is 0. The summed E-state index contributed by atoms with van der Waals surface area (Å²) in [5.41, 5.74) is 0.798. The molecule has 0 aliphatic rings. The first-order chi connectivity index (χ1) is 14.5. The van der Waals surface area contributed by atoms with E-state index in [1.807, 2.05) is 0 Å². The predicted octanol–water partition coefficient (Wildman–Crippen LogP) is 1.40. The molecular formula is C21H20N4O5. The highest BCUT2D eigenvalue weighted by molar-refractivity contribution is 5.97. The molecule has 2 aromatic carbocycles. The van der Waals surface area contributed by atoms with Crippen molar-refractivity contribution >= 4 is 34.2 Å². The summed E-state index contributed by atoms with van der Waals surface area (Å²) in [6, 6.07) is 13.2. The second kappa shape index (κ2) is 9.46. The molecule has 0 atom stereocenters. The maximum atomic E-state index is 12.2. The molecule has 3 aromatic rings. The Kier molecular flexibility index (Phi) is 6.53. The van der Waals surface area contributed by atoms with Crippen LogP contribution in [0.2, 0.25) is 0 Å². The number of esters is 1. The molecule has 0 unspecified atom stereocenters. The molecule has 3 rings (SSSR count). The highest BCUT2D eigenvalue weighted by Gasteiger charge is 2.13. The van der Waals surface area contributed by atoms with Crippen molar-refractivity contribution < 1.29 is 19.1 Å². The molecule has 30 heavy (non-hydrogen) atoms. The van der Waals surface area contributed by atoms with Crippen molar-refractivity contribution in [3.05, 3.63) is 70.1 Å². The van der Waals surface area contributed by atoms with E-state index in [0.717, 1.165) is 0 Å². The van der Waals surface area contributed by atoms with Gasteiger partial charge in [-0.05, 0) is 31.2 Å². The molecule has 0 bridgehead atoms. The maximum Gasteiger partial charge on any atom is 0.338 e. The van der Waals surface area contributed by atoms with Crippen LogP contribution in [0, 0.1) is 0 Å². The van der Waals surface area contributed by atoms with Gasteiger partial charge < -0.3 is 15.4 Å². The third kappa shape index (κ3) is 5.07. The standard InChI is InChI=1S/C21H20N4O5/c1-2-30-21(29)13-6-5-7-14(10-13)23-19(27)12-22-18(26)11-17-15-8-3-4-9-16(15)20(28)25-24-17/h3-10H,2,11-12H2,1H3,(H,22,26)(H,23,27)(H,25,28). The van der Waals surface area contributed by atoms with Gasteiger partial charge >= 0.3 is 5.97 Å². The zero-order chi connectivity index (χ0) is 21.5. The zero-order valence-electron chi connectivity index (χ0n) is 16.2. The lowest BCUT2D eigenvalue weighted by molar-refractivity contribution is -0.123. The first-order valence-electron chi connectivity index (χ1n) is 9.28. The summed E-state index contributed by atoms with van der Waals surface area (Å²) in [6.45, 7) is 1.70. The van der Waals surface area contributed by atoms with Crippen molar-refractivity contribution in [1.29, 1.82) is 0 Å². The highest BCUT2D eigenvalue weighted by Crippen LogP contribution is 2.13. The molecule has 0 aliphatic carbocycles. The van der Waals surface area contributed by atoms with Gasteiger partial charge in [-0.2, -0.15) is 5.10 Å². The number of nitrogens with zero attached hydrogens (tertiary/aromatic N) is 1. The minimum atomic E-state index is -0.484. The number of aromatic nitrogens is 2. The lowest BCUT2D eigenvalue weighted by atomic mass is 10.1. The molecule has 3 N–H and O–H groups in total. The fourth-order valence-corrected chi connectivity index (χ4v) is 2.84. The van der Waals surface area contributed by atoms with Gasteiger partial charge in [-0.15, -0.1) is 0 Å². The smallest absolute Gasteiger partial charge is 0.338 e. The number of ether oxygens (including phenoxy) is 1. The van der Waals surface area contributed by atoms with E-state index >= 15 is 0 Å². The summed E-state index contributed by atoms with van der Waals surface area (Å²) in [5.74, 6) is -1.36. The summed E-state index contributed by atoms with van der Waals surface area (Å²) in [5, 5.41) is 12.5. The van der Waals surface area contributed by atoms with E-state index in [9.17, 15) is 19.2 Å². The van der Waals surface area contributed by atoms with Crippen molar-refractivity contribution in [2.45, 2.75) is 13.3 Å². The number of nitrogens with one attached hydrogen (secondary N) is 3. The van der Waals surface area contributed by atoms with Gasteiger partial charge in [-0.1, -0.05) is 24.3 Å². The third-order valence-electron chi connectivity index (χ3n) is 4.21. The quantitative estimate of drug-likeness (QED) is 0.507. The van der Waals surface area contributed by atoms with E-state index in [4.69, 9.17) is 4.74 Å². The monoisotopic (exact) mass is 408 g/mol. The van der Waals surface area contributed by atoms with Crippen LogP contribution >= 0.6 is 0 Å². The van der Waals surface area contributed by atoms with E-state index in [0.29, 0.717) is 27.7 Å². The van der Waals surface area contributed by atoms with E-state index in [2.05, 4.69) is 20.8 Å². The highest BCUT2D eigenvalue weighted by atomic mass is 16.5. The number of hydrogen-bond donors (Lipinski definition) is 3. The van der Waals surface area contributed by atoms with Gasteiger partial charge in [-0.3, -0.25) is 14.4 Å². The average Bonchev–Trinajstić information content (AvgIpc) is 2.75. The predicted molar refractivity (Wildman–Crippen MR) is 110 cm³/mol. The molecule has 0 radical (unpaired) electrons. The fourth-order valence-electron chi connectivity index (χ4n) is 2.84. The lowest BCUT2D eigenvalue weighted by Crippen LogP contribution is -2.34. The van der Waals surface area contributed by atoms with Crippen LogP contribution in [0.5, 0.6) is 0 Å². The number of anilines is 1. The Morgan fingerprint density at radius 3 is 2.57 bits per heavy atom. The van der Waals surface area contributed by atoms with Crippen LogP contribution in [-0.2, 0) is 20.7 Å². The molecule has 1 heterocycles. The summed E-state index contributed by atoms with van der Waals surface area (Å²) in [6.07, 6.45) is -0.0943. The Morgan fingerprint density at radius 2 is 1.80 bits per heavy atom. The number of aromatic amines is 1. The molecule has 0 aliphatic heterocycles. The summed E-state index contributed by atoms with van der Waals surface area (Å²) < 4.78 is 4.92. The molecule has 9 heteroatoms. The van der Waals surface area contributed by atoms with Gasteiger partial charge in [0, 0.05) is 11.1 Å². The number of H-pyrrole nitrogens is 1. The van der Waals surface area contributed by atoms with Gasteiger partial charge in [-0.25, -0.2) is 9.89 Å². The van der Waals surface area contributed by atoms with E-state index < -0.39 is 17.8 Å². The second-order valence-electron chi connectivity index (χ2n) is 6.35. The summed E-state index contributed by atoms with van der Waals surface area (Å²) in [4.78, 5) is 47.9. The van der Waals surface area contributed by atoms with E-state index in [-0.39, 0.29) is 25.1 Å². The molecule has 0 saturated carbocycles. The van der Waals surface area contributed by atoms with Crippen molar-refractivity contribution in [3.8, 4) is 0 Å². The number of carbonyl (C=O) groups is 3. The molecule has 154 valence electrons.